The van der Waals surface area contributed by atoms with Crippen LogP contribution in [0.5, 0.6) is 0 Å². The van der Waals surface area contributed by atoms with Gasteiger partial charge in [-0.05, 0) is 58.6 Å². The van der Waals surface area contributed by atoms with Crippen molar-refractivity contribution >= 4 is 39.5 Å². The van der Waals surface area contributed by atoms with E-state index in [9.17, 15) is 0 Å². The number of nitrogens with zero attached hydrogens (tertiary/aromatic N) is 2. The van der Waals surface area contributed by atoms with Crippen molar-refractivity contribution in [1.82, 2.24) is 4.90 Å². The molecule has 1 aromatic carbocycles. The molecule has 0 aromatic heterocycles. The minimum Gasteiger partial charge on any atom is -1.00 e. The van der Waals surface area contributed by atoms with Crippen molar-refractivity contribution in [1.29, 1.82) is 0 Å². The highest BCUT2D eigenvalue weighted by Gasteiger charge is 2.13. The molecular formula is C11H16I2N2S. The van der Waals surface area contributed by atoms with Crippen molar-refractivity contribution in [2.45, 2.75) is 4.90 Å². The molecule has 0 aliphatic carbocycles. The number of hydrogen-bond donors (Lipinski definition) is 0. The molecule has 0 fully saturated rings. The number of rotatable bonds is 1. The third kappa shape index (κ3) is 5.22. The van der Waals surface area contributed by atoms with E-state index < -0.39 is 0 Å². The second-order valence-corrected chi connectivity index (χ2v) is 5.91. The first kappa shape index (κ1) is 16.5. The van der Waals surface area contributed by atoms with Crippen LogP contribution in [0.1, 0.15) is 0 Å². The second-order valence-electron chi connectivity index (χ2n) is 3.63. The first-order chi connectivity index (χ1) is 7.00. The average molecular weight is 462 g/mol. The van der Waals surface area contributed by atoms with E-state index in [1.165, 1.54) is 13.6 Å². The maximum absolute atomic E-state index is 2.32. The van der Waals surface area contributed by atoms with Crippen LogP contribution in [0.4, 0.5) is 0 Å². The van der Waals surface area contributed by atoms with E-state index in [4.69, 9.17) is 0 Å². The average Bonchev–Trinajstić information content (AvgIpc) is 2.15. The summed E-state index contributed by atoms with van der Waals surface area (Å²) in [6.07, 6.45) is 0. The molecule has 90 valence electrons. The van der Waals surface area contributed by atoms with Crippen LogP contribution in [0.15, 0.2) is 29.2 Å². The van der Waals surface area contributed by atoms with Gasteiger partial charge in [0, 0.05) is 8.47 Å². The third-order valence-corrected chi connectivity index (χ3v) is 3.93. The molecule has 0 N–H and O–H groups in total. The van der Waals surface area contributed by atoms with E-state index in [2.05, 4.69) is 84.5 Å². The van der Waals surface area contributed by atoms with E-state index in [0.717, 1.165) is 0 Å². The smallest absolute Gasteiger partial charge is 0.312 e. The Morgan fingerprint density at radius 2 is 1.69 bits per heavy atom. The molecule has 2 nitrogen and oxygen atoms in total. The van der Waals surface area contributed by atoms with Crippen LogP contribution in [0.3, 0.4) is 0 Å². The molecule has 0 bridgehead atoms. The SMILES string of the molecule is CN(C)C(Sc1ccc(I)cc1)=[N+](C)C.[I-]. The Kier molecular flexibility index (Phi) is 8.00. The third-order valence-electron chi connectivity index (χ3n) is 1.79. The minimum atomic E-state index is 0. The molecule has 0 saturated carbocycles. The molecule has 1 rings (SSSR count). The number of thioether (sulfide) groups is 1. The highest BCUT2D eigenvalue weighted by Crippen LogP contribution is 2.21. The van der Waals surface area contributed by atoms with Crippen LogP contribution >= 0.6 is 34.4 Å². The standard InChI is InChI=1S/C11H16IN2S.HI/c1-13(2)11(14(3)4)15-10-7-5-9(12)6-8-10;/h5-8H,1-4H3;1H/q+1;/p-1. The van der Waals surface area contributed by atoms with Crippen molar-refractivity contribution in [2.75, 3.05) is 28.2 Å². The molecule has 0 aliphatic rings. The van der Waals surface area contributed by atoms with E-state index in [0.29, 0.717) is 0 Å². The fourth-order valence-electron chi connectivity index (χ4n) is 1.19. The molecule has 0 spiro atoms. The van der Waals surface area contributed by atoms with Gasteiger partial charge in [-0.25, -0.2) is 0 Å². The number of halogens is 2. The van der Waals surface area contributed by atoms with E-state index in [-0.39, 0.29) is 24.0 Å². The Bertz CT molecular complexity index is 357. The molecule has 0 aliphatic heterocycles. The summed E-state index contributed by atoms with van der Waals surface area (Å²) in [5.41, 5.74) is 0. The summed E-state index contributed by atoms with van der Waals surface area (Å²) >= 11 is 4.10. The predicted octanol–water partition coefficient (Wildman–Crippen LogP) is -0.423. The van der Waals surface area contributed by atoms with E-state index in [1.807, 2.05) is 0 Å². The minimum absolute atomic E-state index is 0. The van der Waals surface area contributed by atoms with Crippen molar-refractivity contribution in [3.8, 4) is 0 Å². The summed E-state index contributed by atoms with van der Waals surface area (Å²) < 4.78 is 3.40. The molecule has 0 radical (unpaired) electrons. The van der Waals surface area contributed by atoms with Gasteiger partial charge in [-0.1, -0.05) is 0 Å². The van der Waals surface area contributed by atoms with Crippen molar-refractivity contribution in [2.24, 2.45) is 0 Å². The van der Waals surface area contributed by atoms with Gasteiger partial charge in [0.2, 0.25) is 0 Å². The van der Waals surface area contributed by atoms with E-state index in [1.54, 1.807) is 11.8 Å². The Morgan fingerprint density at radius 3 is 2.06 bits per heavy atom. The zero-order chi connectivity index (χ0) is 11.4. The van der Waals surface area contributed by atoms with Gasteiger partial charge >= 0.3 is 5.17 Å². The van der Waals surface area contributed by atoms with Crippen LogP contribution in [0, 0.1) is 3.57 Å². The molecule has 0 atom stereocenters. The van der Waals surface area contributed by atoms with Gasteiger partial charge < -0.3 is 24.0 Å². The van der Waals surface area contributed by atoms with Gasteiger partial charge in [0.05, 0.1) is 28.2 Å². The first-order valence-corrected chi connectivity index (χ1v) is 6.55. The van der Waals surface area contributed by atoms with Crippen LogP contribution in [0.2, 0.25) is 0 Å². The zero-order valence-corrected chi connectivity index (χ0v) is 15.0. The molecular weight excluding hydrogens is 446 g/mol. The normalized spacial score (nSPS) is 9.31. The molecule has 1 aromatic rings. The monoisotopic (exact) mass is 462 g/mol. The lowest BCUT2D eigenvalue weighted by Gasteiger charge is -2.10. The fraction of sp³-hybridized carbons (Fsp3) is 0.364. The lowest BCUT2D eigenvalue weighted by atomic mass is 10.4. The van der Waals surface area contributed by atoms with Gasteiger partial charge in [-0.15, -0.1) is 0 Å². The molecule has 5 heteroatoms. The summed E-state index contributed by atoms with van der Waals surface area (Å²) in [4.78, 5) is 3.40. The summed E-state index contributed by atoms with van der Waals surface area (Å²) in [5.74, 6) is 0. The largest absolute Gasteiger partial charge is 1.00 e. The summed E-state index contributed by atoms with van der Waals surface area (Å²) in [6, 6.07) is 8.57. The van der Waals surface area contributed by atoms with Gasteiger partial charge in [-0.2, -0.15) is 0 Å². The Labute approximate surface area is 133 Å². The van der Waals surface area contributed by atoms with Crippen molar-refractivity contribution in [3.63, 3.8) is 0 Å². The van der Waals surface area contributed by atoms with Gasteiger partial charge in [0.1, 0.15) is 0 Å². The Hall–Kier alpha value is 0.500. The van der Waals surface area contributed by atoms with E-state index >= 15 is 0 Å². The van der Waals surface area contributed by atoms with Crippen molar-refractivity contribution in [3.05, 3.63) is 27.8 Å². The maximum atomic E-state index is 2.32. The maximum Gasteiger partial charge on any atom is 0.312 e. The fourth-order valence-corrected chi connectivity index (χ4v) is 2.40. The van der Waals surface area contributed by atoms with Crippen molar-refractivity contribution < 1.29 is 28.6 Å². The lowest BCUT2D eigenvalue weighted by Crippen LogP contribution is -3.00. The Morgan fingerprint density at radius 1 is 1.19 bits per heavy atom. The summed E-state index contributed by atoms with van der Waals surface area (Å²) in [6.45, 7) is 0. The van der Waals surface area contributed by atoms with Gasteiger partial charge in [0.15, 0.2) is 0 Å². The molecule has 0 heterocycles. The molecule has 0 unspecified atom stereocenters. The Balaban J connectivity index is 0.00000225. The molecule has 0 saturated heterocycles. The van der Waals surface area contributed by atoms with Crippen LogP contribution in [-0.2, 0) is 0 Å². The van der Waals surface area contributed by atoms with Gasteiger partial charge in [-0.3, -0.25) is 9.48 Å². The van der Waals surface area contributed by atoms with Gasteiger partial charge in [0.25, 0.3) is 0 Å². The van der Waals surface area contributed by atoms with Crippen LogP contribution in [-0.4, -0.2) is 42.8 Å². The second kappa shape index (κ2) is 7.75. The lowest BCUT2D eigenvalue weighted by molar-refractivity contribution is -0.466. The highest BCUT2D eigenvalue weighted by atomic mass is 127. The van der Waals surface area contributed by atoms with Crippen LogP contribution in [0.25, 0.3) is 0 Å². The summed E-state index contributed by atoms with van der Waals surface area (Å²) in [5, 5.41) is 1.23. The summed E-state index contributed by atoms with van der Waals surface area (Å²) in [7, 11) is 8.26. The number of benzene rings is 1. The molecule has 0 amide bonds. The topological polar surface area (TPSA) is 6.25 Å². The quantitative estimate of drug-likeness (QED) is 0.184. The highest BCUT2D eigenvalue weighted by molar-refractivity contribution is 14.1. The zero-order valence-electron chi connectivity index (χ0n) is 9.87. The number of amidine groups is 1. The predicted molar refractivity (Wildman–Crippen MR) is 75.8 cm³/mol. The van der Waals surface area contributed by atoms with Crippen LogP contribution < -0.4 is 24.0 Å². The number of hydrogen-bond acceptors (Lipinski definition) is 1. The molecule has 16 heavy (non-hydrogen) atoms. The first-order valence-electron chi connectivity index (χ1n) is 4.65.